The second-order valence-electron chi connectivity index (χ2n) is 7.36. The van der Waals surface area contributed by atoms with Crippen molar-refractivity contribution >= 4 is 39.8 Å². The molecule has 0 aliphatic heterocycles. The van der Waals surface area contributed by atoms with Crippen molar-refractivity contribution in [2.24, 2.45) is 4.99 Å². The molecule has 0 saturated heterocycles. The van der Waals surface area contributed by atoms with Gasteiger partial charge in [-0.1, -0.05) is 43.7 Å². The Morgan fingerprint density at radius 1 is 1.18 bits per heavy atom. The van der Waals surface area contributed by atoms with Crippen LogP contribution >= 0.6 is 21.8 Å². The molecule has 0 saturated carbocycles. The first kappa shape index (κ1) is 22.2. The van der Waals surface area contributed by atoms with Crippen LogP contribution in [0.15, 0.2) is 41.4 Å². The minimum absolute atomic E-state index is 0.0409. The van der Waals surface area contributed by atoms with Gasteiger partial charge < -0.3 is 9.84 Å². The van der Waals surface area contributed by atoms with Crippen LogP contribution in [-0.4, -0.2) is 33.5 Å². The molecule has 2 aromatic rings. The van der Waals surface area contributed by atoms with E-state index in [-0.39, 0.29) is 10.5 Å². The number of hydrogen-bond acceptors (Lipinski definition) is 6. The molecule has 0 radical (unpaired) electrons. The zero-order valence-electron chi connectivity index (χ0n) is 17.0. The summed E-state index contributed by atoms with van der Waals surface area (Å²) in [6, 6.07) is 10.6. The predicted molar refractivity (Wildman–Crippen MR) is 120 cm³/mol. The van der Waals surface area contributed by atoms with E-state index in [1.165, 1.54) is 15.3 Å². The average molecular weight is 419 g/mol. The van der Waals surface area contributed by atoms with Crippen molar-refractivity contribution < 1.29 is 14.6 Å². The second kappa shape index (κ2) is 9.39. The maximum Gasteiger partial charge on any atom is 0.425 e. The summed E-state index contributed by atoms with van der Waals surface area (Å²) in [7, 11) is 4.65. The number of benzene rings is 2. The van der Waals surface area contributed by atoms with Crippen LogP contribution in [0.1, 0.15) is 37.5 Å². The molecule has 0 spiro atoms. The van der Waals surface area contributed by atoms with E-state index in [1.54, 1.807) is 54.4 Å². The molecule has 0 aliphatic carbocycles. The molecule has 0 aliphatic rings. The van der Waals surface area contributed by atoms with Gasteiger partial charge in [-0.25, -0.2) is 9.10 Å². The van der Waals surface area contributed by atoms with Crippen molar-refractivity contribution in [3.63, 3.8) is 0 Å². The number of carbonyl (C=O) groups is 1. The van der Waals surface area contributed by atoms with E-state index in [0.29, 0.717) is 11.3 Å². The highest BCUT2D eigenvalue weighted by Crippen LogP contribution is 2.37. The van der Waals surface area contributed by atoms with E-state index in [1.807, 2.05) is 19.9 Å². The van der Waals surface area contributed by atoms with Crippen molar-refractivity contribution in [2.45, 2.75) is 39.4 Å². The van der Waals surface area contributed by atoms with Crippen molar-refractivity contribution in [3.05, 3.63) is 53.1 Å². The Hall–Kier alpha value is -2.12. The molecule has 0 unspecified atom stereocenters. The molecule has 0 aromatic heterocycles. The smallest absolute Gasteiger partial charge is 0.425 e. The number of phenols is 1. The van der Waals surface area contributed by atoms with E-state index in [2.05, 4.69) is 25.8 Å². The van der Waals surface area contributed by atoms with Gasteiger partial charge in [0.25, 0.3) is 0 Å². The normalized spacial score (nSPS) is 11.6. The van der Waals surface area contributed by atoms with Gasteiger partial charge in [0.15, 0.2) is 0 Å². The van der Waals surface area contributed by atoms with Crippen LogP contribution in [0.5, 0.6) is 11.5 Å². The van der Waals surface area contributed by atoms with Crippen LogP contribution in [0, 0.1) is 13.8 Å². The highest BCUT2D eigenvalue weighted by atomic mass is 33.1. The Morgan fingerprint density at radius 2 is 1.79 bits per heavy atom. The van der Waals surface area contributed by atoms with Crippen molar-refractivity contribution in [1.29, 1.82) is 0 Å². The van der Waals surface area contributed by atoms with E-state index in [0.717, 1.165) is 16.8 Å². The Balaban J connectivity index is 2.11. The third-order valence-electron chi connectivity index (χ3n) is 3.60. The molecule has 0 heterocycles. The standard InChI is InChI=1S/C21H26N2O3S2/c1-14-11-17(26-20(25)23(6)28-27-21(3,4)5)12-15(2)19(14)22-13-16-9-7-8-10-18(16)24/h7-13,24H,1-6H3. The highest BCUT2D eigenvalue weighted by molar-refractivity contribution is 8.76. The Labute approximate surface area is 174 Å². The zero-order chi connectivity index (χ0) is 20.9. The summed E-state index contributed by atoms with van der Waals surface area (Å²) in [5.41, 5.74) is 3.20. The van der Waals surface area contributed by atoms with Crippen LogP contribution in [0.4, 0.5) is 10.5 Å². The highest BCUT2D eigenvalue weighted by Gasteiger charge is 2.18. The summed E-state index contributed by atoms with van der Waals surface area (Å²) in [5, 5.41) is 9.86. The Kier molecular flexibility index (Phi) is 7.43. The topological polar surface area (TPSA) is 62.1 Å². The number of phenolic OH excluding ortho intramolecular Hbond substituents is 1. The number of hydrogen-bond donors (Lipinski definition) is 1. The first-order valence-electron chi connectivity index (χ1n) is 8.81. The van der Waals surface area contributed by atoms with Crippen molar-refractivity contribution in [3.8, 4) is 11.5 Å². The first-order valence-corrected chi connectivity index (χ1v) is 10.9. The molecule has 0 fully saturated rings. The monoisotopic (exact) mass is 418 g/mol. The van der Waals surface area contributed by atoms with Gasteiger partial charge in [0.1, 0.15) is 11.5 Å². The SMILES string of the molecule is Cc1cc(OC(=O)N(C)SSC(C)(C)C)cc(C)c1N=Cc1ccccc1O. The molecule has 2 aromatic carbocycles. The van der Waals surface area contributed by atoms with Gasteiger partial charge in [-0.3, -0.25) is 4.99 Å². The van der Waals surface area contributed by atoms with Crippen molar-refractivity contribution in [2.75, 3.05) is 7.05 Å². The third kappa shape index (κ3) is 6.49. The van der Waals surface area contributed by atoms with E-state index >= 15 is 0 Å². The number of nitrogens with zero attached hydrogens (tertiary/aromatic N) is 2. The van der Waals surface area contributed by atoms with Crippen LogP contribution in [-0.2, 0) is 0 Å². The first-order chi connectivity index (χ1) is 13.1. The van der Waals surface area contributed by atoms with Crippen LogP contribution in [0.2, 0.25) is 0 Å². The lowest BCUT2D eigenvalue weighted by Crippen LogP contribution is -2.23. The number of rotatable bonds is 5. The van der Waals surface area contributed by atoms with Gasteiger partial charge in [-0.2, -0.15) is 0 Å². The molecule has 0 bridgehead atoms. The van der Waals surface area contributed by atoms with E-state index in [9.17, 15) is 9.90 Å². The van der Waals surface area contributed by atoms with Crippen LogP contribution in [0.3, 0.4) is 0 Å². The van der Waals surface area contributed by atoms with E-state index in [4.69, 9.17) is 4.74 Å². The van der Waals surface area contributed by atoms with Crippen LogP contribution in [0.25, 0.3) is 0 Å². The van der Waals surface area contributed by atoms with Gasteiger partial charge in [0, 0.05) is 34.6 Å². The number of para-hydroxylation sites is 1. The minimum Gasteiger partial charge on any atom is -0.507 e. The Bertz CT molecular complexity index is 853. The lowest BCUT2D eigenvalue weighted by molar-refractivity contribution is 0.187. The van der Waals surface area contributed by atoms with Gasteiger partial charge in [0.2, 0.25) is 0 Å². The number of aromatic hydroxyl groups is 1. The summed E-state index contributed by atoms with van der Waals surface area (Å²) in [6.45, 7) is 10.1. The molecule has 0 atom stereocenters. The predicted octanol–water partition coefficient (Wildman–Crippen LogP) is 6.29. The van der Waals surface area contributed by atoms with Gasteiger partial charge in [-0.05, 0) is 49.2 Å². The molecule has 5 nitrogen and oxygen atoms in total. The lowest BCUT2D eigenvalue weighted by atomic mass is 10.1. The number of carbonyl (C=O) groups excluding carboxylic acids is 1. The fourth-order valence-corrected chi connectivity index (χ4v) is 3.90. The zero-order valence-corrected chi connectivity index (χ0v) is 18.6. The summed E-state index contributed by atoms with van der Waals surface area (Å²) in [5.74, 6) is 0.662. The molecule has 7 heteroatoms. The second-order valence-corrected chi connectivity index (χ2v) is 10.4. The van der Waals surface area contributed by atoms with E-state index < -0.39 is 6.09 Å². The van der Waals surface area contributed by atoms with Crippen LogP contribution < -0.4 is 4.74 Å². The van der Waals surface area contributed by atoms with Gasteiger partial charge >= 0.3 is 6.09 Å². The average Bonchev–Trinajstić information content (AvgIpc) is 2.59. The summed E-state index contributed by atoms with van der Waals surface area (Å²) in [4.78, 5) is 16.8. The van der Waals surface area contributed by atoms with Gasteiger partial charge in [0.05, 0.1) is 5.69 Å². The largest absolute Gasteiger partial charge is 0.507 e. The summed E-state index contributed by atoms with van der Waals surface area (Å²) < 4.78 is 7.02. The van der Waals surface area contributed by atoms with Crippen molar-refractivity contribution in [1.82, 2.24) is 4.31 Å². The number of aliphatic imine (C=N–C) groups is 1. The molecular weight excluding hydrogens is 392 g/mol. The number of aryl methyl sites for hydroxylation is 2. The molecular formula is C21H26N2O3S2. The third-order valence-corrected chi connectivity index (χ3v) is 6.94. The molecule has 150 valence electrons. The molecule has 1 N–H and O–H groups in total. The molecule has 28 heavy (non-hydrogen) atoms. The fraction of sp³-hybridized carbons (Fsp3) is 0.333. The maximum absolute atomic E-state index is 12.3. The Morgan fingerprint density at radius 3 is 2.36 bits per heavy atom. The number of amides is 1. The summed E-state index contributed by atoms with van der Waals surface area (Å²) in [6.07, 6.45) is 1.20. The summed E-state index contributed by atoms with van der Waals surface area (Å²) >= 11 is 0. The fourth-order valence-electron chi connectivity index (χ4n) is 2.27. The minimum atomic E-state index is -0.425. The van der Waals surface area contributed by atoms with Gasteiger partial charge in [-0.15, -0.1) is 0 Å². The number of ether oxygens (including phenoxy) is 1. The molecule has 1 amide bonds. The molecule has 2 rings (SSSR count). The maximum atomic E-state index is 12.3. The lowest BCUT2D eigenvalue weighted by Gasteiger charge is -2.21. The quantitative estimate of drug-likeness (QED) is 0.351.